The van der Waals surface area contributed by atoms with Crippen LogP contribution in [0.5, 0.6) is 11.5 Å². The number of hydrogen-bond donors (Lipinski definition) is 1. The normalized spacial score (nSPS) is 10.8. The molecule has 0 aliphatic carbocycles. The van der Waals surface area contributed by atoms with E-state index in [1.807, 2.05) is 35.8 Å². The van der Waals surface area contributed by atoms with Gasteiger partial charge in [-0.15, -0.1) is 0 Å². The lowest BCUT2D eigenvalue weighted by molar-refractivity contribution is 0.298. The average molecular weight is 299 g/mol. The van der Waals surface area contributed by atoms with Crippen LogP contribution in [0.15, 0.2) is 36.9 Å². The van der Waals surface area contributed by atoms with Crippen LogP contribution in [0.25, 0.3) is 11.2 Å². The van der Waals surface area contributed by atoms with Gasteiger partial charge >= 0.3 is 0 Å². The van der Waals surface area contributed by atoms with Crippen molar-refractivity contribution in [2.24, 2.45) is 0 Å². The topological polar surface area (TPSA) is 88.1 Å². The second kappa shape index (κ2) is 6.30. The largest absolute Gasteiger partial charge is 0.494 e. The SMILES string of the molecule is CCOc1ccc(OCCn2cnc3c(N)ncnc32)cc1. The summed E-state index contributed by atoms with van der Waals surface area (Å²) in [6.07, 6.45) is 3.13. The first-order valence-electron chi connectivity index (χ1n) is 7.05. The van der Waals surface area contributed by atoms with E-state index >= 15 is 0 Å². The molecule has 0 aliphatic rings. The van der Waals surface area contributed by atoms with Gasteiger partial charge in [-0.05, 0) is 31.2 Å². The Bertz CT molecular complexity index is 754. The molecule has 7 nitrogen and oxygen atoms in total. The molecular weight excluding hydrogens is 282 g/mol. The maximum Gasteiger partial charge on any atom is 0.165 e. The predicted octanol–water partition coefficient (Wildman–Crippen LogP) is 1.89. The molecule has 22 heavy (non-hydrogen) atoms. The van der Waals surface area contributed by atoms with E-state index in [2.05, 4.69) is 15.0 Å². The Morgan fingerprint density at radius 3 is 2.50 bits per heavy atom. The summed E-state index contributed by atoms with van der Waals surface area (Å²) in [6.45, 7) is 3.73. The van der Waals surface area contributed by atoms with Gasteiger partial charge in [0.1, 0.15) is 29.9 Å². The summed E-state index contributed by atoms with van der Waals surface area (Å²) in [5.74, 6) is 2.01. The summed E-state index contributed by atoms with van der Waals surface area (Å²) in [5.41, 5.74) is 7.08. The van der Waals surface area contributed by atoms with E-state index < -0.39 is 0 Å². The number of imidazole rings is 1. The van der Waals surface area contributed by atoms with E-state index in [9.17, 15) is 0 Å². The molecule has 0 saturated carbocycles. The molecular formula is C15H17N5O2. The van der Waals surface area contributed by atoms with E-state index in [0.29, 0.717) is 36.7 Å². The lowest BCUT2D eigenvalue weighted by Gasteiger charge is -2.08. The number of nitrogens with zero attached hydrogens (tertiary/aromatic N) is 4. The highest BCUT2D eigenvalue weighted by Gasteiger charge is 2.07. The van der Waals surface area contributed by atoms with Crippen LogP contribution in [0.2, 0.25) is 0 Å². The monoisotopic (exact) mass is 299 g/mol. The maximum atomic E-state index is 5.76. The third-order valence-corrected chi connectivity index (χ3v) is 3.17. The van der Waals surface area contributed by atoms with E-state index in [-0.39, 0.29) is 0 Å². The Kier molecular flexibility index (Phi) is 4.04. The zero-order valence-electron chi connectivity index (χ0n) is 12.3. The second-order valence-electron chi connectivity index (χ2n) is 4.62. The van der Waals surface area contributed by atoms with Crippen LogP contribution < -0.4 is 15.2 Å². The zero-order valence-corrected chi connectivity index (χ0v) is 12.3. The Hall–Kier alpha value is -2.83. The molecule has 0 aliphatic heterocycles. The first-order chi connectivity index (χ1) is 10.8. The number of aromatic nitrogens is 4. The fourth-order valence-corrected chi connectivity index (χ4v) is 2.12. The number of benzene rings is 1. The van der Waals surface area contributed by atoms with Crippen molar-refractivity contribution in [3.63, 3.8) is 0 Å². The molecule has 3 aromatic rings. The highest BCUT2D eigenvalue weighted by Crippen LogP contribution is 2.18. The molecule has 2 N–H and O–H groups in total. The van der Waals surface area contributed by atoms with Crippen LogP contribution in [0.1, 0.15) is 6.92 Å². The Morgan fingerprint density at radius 2 is 1.77 bits per heavy atom. The Balaban J connectivity index is 1.61. The lowest BCUT2D eigenvalue weighted by Crippen LogP contribution is -2.08. The third kappa shape index (κ3) is 2.93. The first-order valence-corrected chi connectivity index (χ1v) is 7.05. The molecule has 3 rings (SSSR count). The van der Waals surface area contributed by atoms with Gasteiger partial charge in [0.05, 0.1) is 19.5 Å². The van der Waals surface area contributed by atoms with Gasteiger partial charge in [-0.1, -0.05) is 0 Å². The number of rotatable bonds is 6. The number of hydrogen-bond acceptors (Lipinski definition) is 6. The number of ether oxygens (including phenoxy) is 2. The van der Waals surface area contributed by atoms with Crippen molar-refractivity contribution in [3.05, 3.63) is 36.9 Å². The minimum absolute atomic E-state index is 0.385. The highest BCUT2D eigenvalue weighted by molar-refractivity contribution is 5.81. The van der Waals surface area contributed by atoms with Gasteiger partial charge in [-0.3, -0.25) is 0 Å². The molecule has 1 aromatic carbocycles. The van der Waals surface area contributed by atoms with Gasteiger partial charge in [0, 0.05) is 0 Å². The molecule has 0 fully saturated rings. The van der Waals surface area contributed by atoms with Crippen LogP contribution >= 0.6 is 0 Å². The van der Waals surface area contributed by atoms with Crippen molar-refractivity contribution >= 4 is 17.0 Å². The lowest BCUT2D eigenvalue weighted by atomic mass is 10.3. The van der Waals surface area contributed by atoms with Crippen LogP contribution in [0.3, 0.4) is 0 Å². The number of nitrogens with two attached hydrogens (primary N) is 1. The van der Waals surface area contributed by atoms with Crippen molar-refractivity contribution in [2.75, 3.05) is 18.9 Å². The van der Waals surface area contributed by atoms with Crippen molar-refractivity contribution in [3.8, 4) is 11.5 Å². The first kappa shape index (κ1) is 14.1. The fourth-order valence-electron chi connectivity index (χ4n) is 2.12. The van der Waals surface area contributed by atoms with Crippen LogP contribution in [0, 0.1) is 0 Å². The van der Waals surface area contributed by atoms with E-state index in [1.54, 1.807) is 6.33 Å². The summed E-state index contributed by atoms with van der Waals surface area (Å²) in [5, 5.41) is 0. The molecule has 0 unspecified atom stereocenters. The maximum absolute atomic E-state index is 5.76. The van der Waals surface area contributed by atoms with E-state index in [0.717, 1.165) is 11.5 Å². The fraction of sp³-hybridized carbons (Fsp3) is 0.267. The average Bonchev–Trinajstić information content (AvgIpc) is 2.94. The third-order valence-electron chi connectivity index (χ3n) is 3.17. The van der Waals surface area contributed by atoms with E-state index in [1.165, 1.54) is 6.33 Å². The van der Waals surface area contributed by atoms with Gasteiger partial charge in [0.15, 0.2) is 11.5 Å². The second-order valence-corrected chi connectivity index (χ2v) is 4.62. The summed E-state index contributed by atoms with van der Waals surface area (Å²) in [6, 6.07) is 7.55. The van der Waals surface area contributed by atoms with Gasteiger partial charge in [-0.25, -0.2) is 15.0 Å². The van der Waals surface area contributed by atoms with Crippen molar-refractivity contribution in [1.82, 2.24) is 19.5 Å². The highest BCUT2D eigenvalue weighted by atomic mass is 16.5. The van der Waals surface area contributed by atoms with Crippen LogP contribution in [-0.4, -0.2) is 32.7 Å². The van der Waals surface area contributed by atoms with Gasteiger partial charge in [-0.2, -0.15) is 0 Å². The molecule has 114 valence electrons. The quantitative estimate of drug-likeness (QED) is 0.747. The molecule has 0 spiro atoms. The summed E-state index contributed by atoms with van der Waals surface area (Å²) in [7, 11) is 0. The number of anilines is 1. The molecule has 0 radical (unpaired) electrons. The minimum Gasteiger partial charge on any atom is -0.494 e. The Morgan fingerprint density at radius 1 is 1.05 bits per heavy atom. The molecule has 2 heterocycles. The van der Waals surface area contributed by atoms with Crippen molar-refractivity contribution in [2.45, 2.75) is 13.5 Å². The smallest absolute Gasteiger partial charge is 0.165 e. The minimum atomic E-state index is 0.385. The predicted molar refractivity (Wildman–Crippen MR) is 82.8 cm³/mol. The summed E-state index contributed by atoms with van der Waals surface area (Å²) in [4.78, 5) is 12.3. The van der Waals surface area contributed by atoms with E-state index in [4.69, 9.17) is 15.2 Å². The van der Waals surface area contributed by atoms with Crippen molar-refractivity contribution in [1.29, 1.82) is 0 Å². The Labute approximate surface area is 127 Å². The zero-order chi connectivity index (χ0) is 15.4. The standard InChI is InChI=1S/C15H17N5O2/c1-2-21-11-3-5-12(6-4-11)22-8-7-20-10-19-13-14(16)17-9-18-15(13)20/h3-6,9-10H,2,7-8H2,1H3,(H2,16,17,18). The molecule has 7 heteroatoms. The van der Waals surface area contributed by atoms with Gasteiger partial charge in [0.2, 0.25) is 0 Å². The molecule has 0 saturated heterocycles. The van der Waals surface area contributed by atoms with Crippen LogP contribution in [0.4, 0.5) is 5.82 Å². The number of nitrogen functional groups attached to an aromatic ring is 1. The summed E-state index contributed by atoms with van der Waals surface area (Å²) < 4.78 is 13.0. The molecule has 0 amide bonds. The molecule has 0 atom stereocenters. The molecule has 0 bridgehead atoms. The van der Waals surface area contributed by atoms with Gasteiger partial charge in [0.25, 0.3) is 0 Å². The van der Waals surface area contributed by atoms with Crippen LogP contribution in [-0.2, 0) is 6.54 Å². The summed E-state index contributed by atoms with van der Waals surface area (Å²) >= 11 is 0. The number of fused-ring (bicyclic) bond motifs is 1. The van der Waals surface area contributed by atoms with Gasteiger partial charge < -0.3 is 19.8 Å². The van der Waals surface area contributed by atoms with Crippen molar-refractivity contribution < 1.29 is 9.47 Å². The molecule has 2 aromatic heterocycles.